The predicted molar refractivity (Wildman–Crippen MR) is 187 cm³/mol. The van der Waals surface area contributed by atoms with Gasteiger partial charge in [-0.15, -0.1) is 0 Å². The molecule has 5 rings (SSSR count). The van der Waals surface area contributed by atoms with E-state index >= 15 is 0 Å². The highest BCUT2D eigenvalue weighted by Gasteiger charge is 2.24. The van der Waals surface area contributed by atoms with Crippen molar-refractivity contribution in [3.63, 3.8) is 0 Å². The van der Waals surface area contributed by atoms with E-state index in [9.17, 15) is 25.9 Å². The number of methoxy groups -OCH3 is 2. The molecule has 3 heterocycles. The van der Waals surface area contributed by atoms with Crippen molar-refractivity contribution in [1.82, 2.24) is 19.9 Å². The monoisotopic (exact) mass is 731 g/mol. The lowest BCUT2D eigenvalue weighted by atomic mass is 10.0. The molecular formula is C32H34ClN5O9S2. The van der Waals surface area contributed by atoms with Crippen molar-refractivity contribution in [1.29, 1.82) is 0 Å². The van der Waals surface area contributed by atoms with Crippen LogP contribution in [0.5, 0.6) is 17.2 Å². The standard InChI is InChI=1S/C32H34ClN5O9S2/c1-45-30-14-26-25-13-28(37-32(34)27(25)18-36-29(26)15-31(30)46-2)21-12-24(17-35-16-21)47-19-23(11-20-4-3-5-22(33)10-20)38(6-8-48(39,40)41)7-9-49(42,43)44/h3-5,10,12-18,23H,6-9,11,19H2,1-2H3,(H2,34,37)(H,39,40,41)(H,42,43,44). The average molecular weight is 732 g/mol. The minimum absolute atomic E-state index is 0.0557. The number of nitrogens with zero attached hydrogens (tertiary/aromatic N) is 4. The molecule has 0 bridgehead atoms. The Morgan fingerprint density at radius 1 is 0.878 bits per heavy atom. The van der Waals surface area contributed by atoms with Gasteiger partial charge in [0.25, 0.3) is 20.2 Å². The molecular weight excluding hydrogens is 698 g/mol. The first-order valence-corrected chi connectivity index (χ1v) is 18.4. The number of benzene rings is 2. The van der Waals surface area contributed by atoms with Gasteiger partial charge in [-0.05, 0) is 47.7 Å². The minimum Gasteiger partial charge on any atom is -0.493 e. The molecule has 0 aliphatic carbocycles. The van der Waals surface area contributed by atoms with Crippen LogP contribution in [0.4, 0.5) is 5.82 Å². The molecule has 0 saturated carbocycles. The zero-order valence-electron chi connectivity index (χ0n) is 26.5. The highest BCUT2D eigenvalue weighted by atomic mass is 35.5. The molecule has 2 aromatic carbocycles. The quantitative estimate of drug-likeness (QED) is 0.102. The van der Waals surface area contributed by atoms with Crippen LogP contribution >= 0.6 is 11.6 Å². The molecule has 0 amide bonds. The molecule has 17 heteroatoms. The Bertz CT molecular complexity index is 2170. The van der Waals surface area contributed by atoms with Crippen molar-refractivity contribution in [2.45, 2.75) is 12.5 Å². The Labute approximate surface area is 288 Å². The highest BCUT2D eigenvalue weighted by Crippen LogP contribution is 2.37. The fraction of sp³-hybridized carbons (Fsp3) is 0.281. The van der Waals surface area contributed by atoms with E-state index in [1.807, 2.05) is 18.2 Å². The first-order chi connectivity index (χ1) is 23.2. The van der Waals surface area contributed by atoms with E-state index in [1.165, 1.54) is 11.1 Å². The molecule has 0 fully saturated rings. The number of pyridine rings is 3. The van der Waals surface area contributed by atoms with Gasteiger partial charge in [-0.1, -0.05) is 23.7 Å². The maximum atomic E-state index is 11.6. The summed E-state index contributed by atoms with van der Waals surface area (Å²) in [4.78, 5) is 15.0. The number of nitrogens with two attached hydrogens (primary N) is 1. The SMILES string of the molecule is COc1cc2ncc3c(N)nc(-c4cncc(OCC(Cc5cccc(Cl)c5)N(CCS(=O)(=O)O)CCS(=O)(=O)O)c4)cc3c2cc1OC. The van der Waals surface area contributed by atoms with E-state index in [1.54, 1.807) is 56.9 Å². The van der Waals surface area contributed by atoms with Crippen LogP contribution in [0.3, 0.4) is 0 Å². The molecule has 14 nitrogen and oxygen atoms in total. The van der Waals surface area contributed by atoms with Crippen LogP contribution in [-0.2, 0) is 26.7 Å². The number of anilines is 1. The lowest BCUT2D eigenvalue weighted by molar-refractivity contribution is 0.145. The second-order valence-electron chi connectivity index (χ2n) is 11.2. The second-order valence-corrected chi connectivity index (χ2v) is 14.7. The van der Waals surface area contributed by atoms with Crippen molar-refractivity contribution in [2.24, 2.45) is 0 Å². The molecule has 0 radical (unpaired) electrons. The fourth-order valence-corrected chi connectivity index (χ4v) is 6.55. The topological polar surface area (TPSA) is 204 Å². The van der Waals surface area contributed by atoms with Crippen LogP contribution in [0.1, 0.15) is 5.56 Å². The van der Waals surface area contributed by atoms with Crippen molar-refractivity contribution < 1.29 is 40.2 Å². The third-order valence-corrected chi connectivity index (χ3v) is 9.45. The number of halogens is 1. The average Bonchev–Trinajstić information content (AvgIpc) is 3.05. The molecule has 4 N–H and O–H groups in total. The third-order valence-electron chi connectivity index (χ3n) is 7.81. The molecule has 5 aromatic rings. The Kier molecular flexibility index (Phi) is 11.1. The number of rotatable bonds is 15. The van der Waals surface area contributed by atoms with Gasteiger partial charge >= 0.3 is 0 Å². The van der Waals surface area contributed by atoms with Crippen LogP contribution in [0.25, 0.3) is 32.9 Å². The van der Waals surface area contributed by atoms with Crippen LogP contribution in [0.2, 0.25) is 5.02 Å². The van der Waals surface area contributed by atoms with Gasteiger partial charge in [-0.25, -0.2) is 4.98 Å². The van der Waals surface area contributed by atoms with Crippen LogP contribution in [0.15, 0.2) is 67.1 Å². The molecule has 260 valence electrons. The van der Waals surface area contributed by atoms with Gasteiger partial charge in [-0.3, -0.25) is 24.0 Å². The van der Waals surface area contributed by atoms with Crippen LogP contribution in [-0.4, -0.2) is 97.3 Å². The maximum Gasteiger partial charge on any atom is 0.266 e. The lowest BCUT2D eigenvalue weighted by Crippen LogP contribution is -2.45. The molecule has 3 aromatic heterocycles. The molecule has 0 aliphatic heterocycles. The maximum absolute atomic E-state index is 11.6. The van der Waals surface area contributed by atoms with Crippen LogP contribution < -0.4 is 19.9 Å². The van der Waals surface area contributed by atoms with E-state index in [0.717, 1.165) is 16.3 Å². The summed E-state index contributed by atoms with van der Waals surface area (Å²) in [7, 11) is -5.69. The summed E-state index contributed by atoms with van der Waals surface area (Å²) in [6, 6.07) is 13.5. The van der Waals surface area contributed by atoms with Crippen molar-refractivity contribution >= 4 is 59.3 Å². The van der Waals surface area contributed by atoms with Gasteiger partial charge in [0.1, 0.15) is 18.2 Å². The second kappa shape index (κ2) is 15.1. The first kappa shape index (κ1) is 36.0. The summed E-state index contributed by atoms with van der Waals surface area (Å²) in [6.07, 6.45) is 5.00. The number of ether oxygens (including phenoxy) is 3. The van der Waals surface area contributed by atoms with Crippen molar-refractivity contribution in [2.75, 3.05) is 51.2 Å². The third kappa shape index (κ3) is 9.44. The zero-order chi connectivity index (χ0) is 35.3. The molecule has 49 heavy (non-hydrogen) atoms. The van der Waals surface area contributed by atoms with Crippen LogP contribution in [0, 0.1) is 0 Å². The van der Waals surface area contributed by atoms with E-state index < -0.39 is 37.8 Å². The van der Waals surface area contributed by atoms with E-state index in [4.69, 9.17) is 31.5 Å². The van der Waals surface area contributed by atoms with Crippen molar-refractivity contribution in [3.8, 4) is 28.5 Å². The summed E-state index contributed by atoms with van der Waals surface area (Å²) in [5.74, 6) is 0.301. The number of hydrogen-bond donors (Lipinski definition) is 3. The molecule has 0 aliphatic rings. The Hall–Kier alpha value is -4.32. The van der Waals surface area contributed by atoms with Gasteiger partial charge in [0.05, 0.1) is 43.1 Å². The Morgan fingerprint density at radius 3 is 2.22 bits per heavy atom. The first-order valence-electron chi connectivity index (χ1n) is 14.8. The van der Waals surface area contributed by atoms with Gasteiger partial charge in [-0.2, -0.15) is 16.8 Å². The fourth-order valence-electron chi connectivity index (χ4n) is 5.41. The van der Waals surface area contributed by atoms with Gasteiger partial charge in [0, 0.05) is 58.9 Å². The Morgan fingerprint density at radius 2 is 1.57 bits per heavy atom. The predicted octanol–water partition coefficient (Wildman–Crippen LogP) is 4.17. The largest absolute Gasteiger partial charge is 0.493 e. The normalized spacial score (nSPS) is 12.8. The van der Waals surface area contributed by atoms with Gasteiger partial charge in [0.15, 0.2) is 11.5 Å². The highest BCUT2D eigenvalue weighted by molar-refractivity contribution is 7.86. The zero-order valence-corrected chi connectivity index (χ0v) is 28.9. The summed E-state index contributed by atoms with van der Waals surface area (Å²) in [5, 5.41) is 2.65. The van der Waals surface area contributed by atoms with Crippen molar-refractivity contribution in [3.05, 3.63) is 77.7 Å². The summed E-state index contributed by atoms with van der Waals surface area (Å²) < 4.78 is 82.5. The number of hydrogen-bond acceptors (Lipinski definition) is 12. The number of aromatic nitrogens is 3. The number of nitrogen functional groups attached to an aromatic ring is 1. The molecule has 1 unspecified atom stereocenters. The minimum atomic E-state index is -4.39. The molecule has 1 atom stereocenters. The van der Waals surface area contributed by atoms with E-state index in [0.29, 0.717) is 44.4 Å². The Balaban J connectivity index is 1.47. The molecule has 0 spiro atoms. The van der Waals surface area contributed by atoms with Gasteiger partial charge in [0.2, 0.25) is 0 Å². The lowest BCUT2D eigenvalue weighted by Gasteiger charge is -2.31. The summed E-state index contributed by atoms with van der Waals surface area (Å²) in [5.41, 5.74) is 8.90. The summed E-state index contributed by atoms with van der Waals surface area (Å²) >= 11 is 6.20. The smallest absolute Gasteiger partial charge is 0.266 e. The number of fused-ring (bicyclic) bond motifs is 3. The van der Waals surface area contributed by atoms with E-state index in [2.05, 4.69) is 15.0 Å². The van der Waals surface area contributed by atoms with E-state index in [-0.39, 0.29) is 31.9 Å². The molecule has 0 saturated heterocycles. The van der Waals surface area contributed by atoms with Gasteiger partial charge < -0.3 is 19.9 Å². The summed E-state index contributed by atoms with van der Waals surface area (Å²) in [6.45, 7) is -0.526.